The second-order valence-electron chi connectivity index (χ2n) is 5.80. The normalized spacial score (nSPS) is 19.9. The summed E-state index contributed by atoms with van der Waals surface area (Å²) in [6.45, 7) is 2.02. The smallest absolute Gasteiger partial charge is 0.160 e. The molecule has 0 aliphatic carbocycles. The van der Waals surface area contributed by atoms with Crippen LogP contribution in [0, 0.1) is 0 Å². The van der Waals surface area contributed by atoms with E-state index >= 15 is 0 Å². The van der Waals surface area contributed by atoms with Crippen LogP contribution in [0.4, 0.5) is 5.82 Å². The van der Waals surface area contributed by atoms with Gasteiger partial charge in [-0.05, 0) is 31.2 Å². The van der Waals surface area contributed by atoms with Crippen LogP contribution in [0.3, 0.4) is 0 Å². The van der Waals surface area contributed by atoms with Crippen LogP contribution in [0.25, 0.3) is 22.0 Å². The SMILES string of the molecule is CC1CC(Nc2nnc(-c3ccc(Cl)cc3O)c3ccncc23)O1. The van der Waals surface area contributed by atoms with E-state index in [-0.39, 0.29) is 18.1 Å². The number of nitrogens with zero attached hydrogens (tertiary/aromatic N) is 3. The van der Waals surface area contributed by atoms with Gasteiger partial charge in [0.05, 0.1) is 6.10 Å². The number of aromatic hydroxyl groups is 1. The number of anilines is 1. The van der Waals surface area contributed by atoms with Crippen molar-refractivity contribution in [3.8, 4) is 17.0 Å². The number of fused-ring (bicyclic) bond motifs is 1. The Balaban J connectivity index is 1.80. The summed E-state index contributed by atoms with van der Waals surface area (Å²) < 4.78 is 5.59. The quantitative estimate of drug-likeness (QED) is 0.757. The van der Waals surface area contributed by atoms with Gasteiger partial charge in [-0.15, -0.1) is 10.2 Å². The Hall–Kier alpha value is -2.44. The fourth-order valence-electron chi connectivity index (χ4n) is 2.82. The number of ether oxygens (including phenoxy) is 1. The van der Waals surface area contributed by atoms with Crippen molar-refractivity contribution in [2.24, 2.45) is 0 Å². The van der Waals surface area contributed by atoms with Gasteiger partial charge >= 0.3 is 0 Å². The monoisotopic (exact) mass is 342 g/mol. The molecule has 0 radical (unpaired) electrons. The van der Waals surface area contributed by atoms with E-state index in [2.05, 4.69) is 20.5 Å². The molecular formula is C17H15ClN4O2. The minimum Gasteiger partial charge on any atom is -0.507 e. The van der Waals surface area contributed by atoms with Crippen LogP contribution in [-0.2, 0) is 4.74 Å². The first-order valence-corrected chi connectivity index (χ1v) is 8.01. The molecule has 0 amide bonds. The molecule has 3 heterocycles. The van der Waals surface area contributed by atoms with Crippen LogP contribution in [-0.4, -0.2) is 32.6 Å². The highest BCUT2D eigenvalue weighted by Gasteiger charge is 2.27. The average molecular weight is 343 g/mol. The fourth-order valence-corrected chi connectivity index (χ4v) is 2.99. The van der Waals surface area contributed by atoms with Crippen LogP contribution in [0.2, 0.25) is 5.02 Å². The van der Waals surface area contributed by atoms with E-state index in [0.717, 1.165) is 17.2 Å². The number of phenolic OH excluding ortho intramolecular Hbond substituents is 1. The minimum atomic E-state index is -0.0625. The number of aromatic nitrogens is 3. The Morgan fingerprint density at radius 2 is 2.08 bits per heavy atom. The summed E-state index contributed by atoms with van der Waals surface area (Å²) in [5.41, 5.74) is 1.15. The van der Waals surface area contributed by atoms with Gasteiger partial charge in [0.15, 0.2) is 5.82 Å². The van der Waals surface area contributed by atoms with Crippen molar-refractivity contribution in [1.82, 2.24) is 15.2 Å². The van der Waals surface area contributed by atoms with Crippen LogP contribution in [0.15, 0.2) is 36.7 Å². The van der Waals surface area contributed by atoms with Crippen LogP contribution in [0.1, 0.15) is 13.3 Å². The van der Waals surface area contributed by atoms with Crippen LogP contribution in [0.5, 0.6) is 5.75 Å². The standard InChI is InChI=1S/C17H15ClN4O2/c1-9-6-15(24-9)20-17-13-8-19-5-4-11(13)16(21-22-17)12-3-2-10(18)7-14(12)23/h2-5,7-9,15,23H,6H2,1H3,(H,20,22). The molecule has 1 aliphatic rings. The first-order chi connectivity index (χ1) is 11.6. The predicted octanol–water partition coefficient (Wildman–Crippen LogP) is 3.60. The van der Waals surface area contributed by atoms with Gasteiger partial charge in [0.2, 0.25) is 0 Å². The van der Waals surface area contributed by atoms with E-state index in [1.165, 1.54) is 6.07 Å². The lowest BCUT2D eigenvalue weighted by molar-refractivity contribution is -0.0967. The van der Waals surface area contributed by atoms with Crippen molar-refractivity contribution in [2.75, 3.05) is 5.32 Å². The number of benzene rings is 1. The molecule has 1 aromatic carbocycles. The van der Waals surface area contributed by atoms with Crippen molar-refractivity contribution in [1.29, 1.82) is 0 Å². The molecule has 4 rings (SSSR count). The summed E-state index contributed by atoms with van der Waals surface area (Å²) in [6.07, 6.45) is 4.53. The summed E-state index contributed by atoms with van der Waals surface area (Å²) in [7, 11) is 0. The maximum atomic E-state index is 10.2. The number of halogens is 1. The molecule has 24 heavy (non-hydrogen) atoms. The van der Waals surface area contributed by atoms with Gasteiger partial charge < -0.3 is 15.2 Å². The third-order valence-corrected chi connectivity index (χ3v) is 4.27. The first kappa shape index (κ1) is 15.1. The summed E-state index contributed by atoms with van der Waals surface area (Å²) in [6, 6.07) is 6.77. The van der Waals surface area contributed by atoms with Crippen LogP contribution >= 0.6 is 11.6 Å². The highest BCUT2D eigenvalue weighted by molar-refractivity contribution is 6.30. The molecule has 2 unspecified atom stereocenters. The summed E-state index contributed by atoms with van der Waals surface area (Å²) in [5.74, 6) is 0.680. The molecular weight excluding hydrogens is 328 g/mol. The van der Waals surface area contributed by atoms with Crippen molar-refractivity contribution in [3.05, 3.63) is 41.7 Å². The number of nitrogens with one attached hydrogen (secondary N) is 1. The Morgan fingerprint density at radius 1 is 1.25 bits per heavy atom. The van der Waals surface area contributed by atoms with E-state index in [1.54, 1.807) is 24.5 Å². The number of rotatable bonds is 3. The molecule has 1 aliphatic heterocycles. The van der Waals surface area contributed by atoms with Gasteiger partial charge in [-0.25, -0.2) is 0 Å². The molecule has 3 aromatic rings. The zero-order valence-corrected chi connectivity index (χ0v) is 13.7. The van der Waals surface area contributed by atoms with Gasteiger partial charge in [0.25, 0.3) is 0 Å². The molecule has 6 nitrogen and oxygen atoms in total. The maximum Gasteiger partial charge on any atom is 0.160 e. The second kappa shape index (κ2) is 5.89. The lowest BCUT2D eigenvalue weighted by Crippen LogP contribution is -2.41. The lowest BCUT2D eigenvalue weighted by Gasteiger charge is -2.34. The topological polar surface area (TPSA) is 80.2 Å². The number of hydrogen-bond acceptors (Lipinski definition) is 6. The molecule has 122 valence electrons. The Morgan fingerprint density at radius 3 is 2.83 bits per heavy atom. The molecule has 0 saturated carbocycles. The van der Waals surface area contributed by atoms with Crippen molar-refractivity contribution < 1.29 is 9.84 Å². The van der Waals surface area contributed by atoms with Crippen LogP contribution < -0.4 is 5.32 Å². The third-order valence-electron chi connectivity index (χ3n) is 4.04. The molecule has 2 N–H and O–H groups in total. The van der Waals surface area contributed by atoms with E-state index < -0.39 is 0 Å². The molecule has 1 fully saturated rings. The second-order valence-corrected chi connectivity index (χ2v) is 6.23. The fraction of sp³-hybridized carbons (Fsp3) is 0.235. The molecule has 1 saturated heterocycles. The molecule has 0 spiro atoms. The minimum absolute atomic E-state index is 0.0618. The number of hydrogen-bond donors (Lipinski definition) is 2. The molecule has 0 bridgehead atoms. The molecule has 7 heteroatoms. The molecule has 2 atom stereocenters. The summed E-state index contributed by atoms with van der Waals surface area (Å²) >= 11 is 5.91. The van der Waals surface area contributed by atoms with Gasteiger partial charge in [0.1, 0.15) is 17.7 Å². The van der Waals surface area contributed by atoms with E-state index in [9.17, 15) is 5.11 Å². The van der Waals surface area contributed by atoms with E-state index in [1.807, 2.05) is 13.0 Å². The highest BCUT2D eigenvalue weighted by Crippen LogP contribution is 2.36. The Bertz CT molecular complexity index is 912. The predicted molar refractivity (Wildman–Crippen MR) is 92.0 cm³/mol. The number of phenols is 1. The zero-order chi connectivity index (χ0) is 16.7. The third kappa shape index (κ3) is 2.64. The highest BCUT2D eigenvalue weighted by atomic mass is 35.5. The van der Waals surface area contributed by atoms with E-state index in [4.69, 9.17) is 16.3 Å². The van der Waals surface area contributed by atoms with Gasteiger partial charge in [-0.1, -0.05) is 11.6 Å². The van der Waals surface area contributed by atoms with Crippen molar-refractivity contribution >= 4 is 28.2 Å². The Labute approximate surface area is 143 Å². The first-order valence-electron chi connectivity index (χ1n) is 7.63. The van der Waals surface area contributed by atoms with Gasteiger partial charge in [0, 0.05) is 40.2 Å². The zero-order valence-electron chi connectivity index (χ0n) is 12.9. The van der Waals surface area contributed by atoms with Gasteiger partial charge in [-0.2, -0.15) is 0 Å². The largest absolute Gasteiger partial charge is 0.507 e. The average Bonchev–Trinajstić information content (AvgIpc) is 2.54. The Kier molecular flexibility index (Phi) is 3.70. The maximum absolute atomic E-state index is 10.2. The number of pyridine rings is 1. The van der Waals surface area contributed by atoms with Gasteiger partial charge in [-0.3, -0.25) is 4.98 Å². The van der Waals surface area contributed by atoms with E-state index in [0.29, 0.717) is 22.1 Å². The summed E-state index contributed by atoms with van der Waals surface area (Å²) in [4.78, 5) is 4.18. The van der Waals surface area contributed by atoms with Crippen molar-refractivity contribution in [2.45, 2.75) is 25.7 Å². The summed E-state index contributed by atoms with van der Waals surface area (Å²) in [5, 5.41) is 24.1. The van der Waals surface area contributed by atoms with Crippen molar-refractivity contribution in [3.63, 3.8) is 0 Å². The molecule has 2 aromatic heterocycles. The lowest BCUT2D eigenvalue weighted by atomic mass is 10.0.